The Labute approximate surface area is 140 Å². The van der Waals surface area contributed by atoms with Crippen molar-refractivity contribution < 1.29 is 0 Å². The summed E-state index contributed by atoms with van der Waals surface area (Å²) in [7, 11) is 0. The summed E-state index contributed by atoms with van der Waals surface area (Å²) in [6.45, 7) is 1.71. The highest BCUT2D eigenvalue weighted by atomic mass is 16.1. The number of nitrogens with zero attached hydrogens (tertiary/aromatic N) is 3. The Morgan fingerprint density at radius 1 is 1.12 bits per heavy atom. The van der Waals surface area contributed by atoms with Gasteiger partial charge in [-0.15, -0.1) is 0 Å². The number of hydrogen-bond acceptors (Lipinski definition) is 3. The number of aromatic nitrogens is 2. The fraction of sp³-hybridized carbons (Fsp3) is 0.300. The molecule has 0 amide bonds. The van der Waals surface area contributed by atoms with Crippen LogP contribution in [0.25, 0.3) is 5.65 Å². The molecule has 0 radical (unpaired) electrons. The monoisotopic (exact) mass is 317 g/mol. The van der Waals surface area contributed by atoms with Crippen molar-refractivity contribution in [2.24, 2.45) is 0 Å². The van der Waals surface area contributed by atoms with E-state index in [9.17, 15) is 4.79 Å². The number of pyridine rings is 1. The molecule has 3 aromatic rings. The molecule has 1 saturated carbocycles. The minimum absolute atomic E-state index is 0.0123. The Kier molecular flexibility index (Phi) is 2.98. The quantitative estimate of drug-likeness (QED) is 0.745. The number of benzene rings is 1. The zero-order chi connectivity index (χ0) is 16.1. The van der Waals surface area contributed by atoms with Crippen LogP contribution in [0.5, 0.6) is 0 Å². The van der Waals surface area contributed by atoms with Crippen LogP contribution in [-0.2, 0) is 13.0 Å². The maximum Gasteiger partial charge on any atom is 0.258 e. The van der Waals surface area contributed by atoms with Gasteiger partial charge in [0.15, 0.2) is 0 Å². The summed E-state index contributed by atoms with van der Waals surface area (Å²) < 4.78 is 1.59. The average molecular weight is 317 g/mol. The summed E-state index contributed by atoms with van der Waals surface area (Å²) in [6.07, 6.45) is 5.54. The van der Waals surface area contributed by atoms with Gasteiger partial charge in [0.1, 0.15) is 5.65 Å². The van der Waals surface area contributed by atoms with Gasteiger partial charge in [-0.3, -0.25) is 9.20 Å². The molecule has 3 heterocycles. The number of anilines is 1. The van der Waals surface area contributed by atoms with E-state index in [1.54, 1.807) is 22.2 Å². The molecule has 4 nitrogen and oxygen atoms in total. The summed E-state index contributed by atoms with van der Waals surface area (Å²) >= 11 is 0. The molecule has 5 rings (SSSR count). The van der Waals surface area contributed by atoms with E-state index in [-0.39, 0.29) is 5.56 Å². The van der Waals surface area contributed by atoms with Crippen molar-refractivity contribution in [3.8, 4) is 0 Å². The van der Waals surface area contributed by atoms with Crippen molar-refractivity contribution in [3.05, 3.63) is 75.8 Å². The number of rotatable bonds is 3. The maximum atomic E-state index is 12.3. The van der Waals surface area contributed by atoms with Crippen molar-refractivity contribution in [1.29, 1.82) is 0 Å². The van der Waals surface area contributed by atoms with Gasteiger partial charge in [-0.1, -0.05) is 18.2 Å². The Morgan fingerprint density at radius 2 is 2.04 bits per heavy atom. The van der Waals surface area contributed by atoms with Gasteiger partial charge in [0.25, 0.3) is 5.56 Å². The van der Waals surface area contributed by atoms with Gasteiger partial charge in [-0.2, -0.15) is 0 Å². The van der Waals surface area contributed by atoms with Crippen LogP contribution in [0.15, 0.2) is 53.5 Å². The van der Waals surface area contributed by atoms with Gasteiger partial charge in [-0.05, 0) is 54.5 Å². The molecule has 0 N–H and O–H groups in total. The molecule has 0 saturated heterocycles. The third kappa shape index (κ3) is 2.21. The number of fused-ring (bicyclic) bond motifs is 2. The lowest BCUT2D eigenvalue weighted by atomic mass is 10.0. The molecule has 1 fully saturated rings. The first-order valence-electron chi connectivity index (χ1n) is 8.64. The van der Waals surface area contributed by atoms with Crippen LogP contribution in [0.1, 0.15) is 35.6 Å². The van der Waals surface area contributed by atoms with Crippen molar-refractivity contribution >= 4 is 11.3 Å². The maximum absolute atomic E-state index is 12.3. The van der Waals surface area contributed by atoms with Crippen LogP contribution in [0.2, 0.25) is 0 Å². The highest BCUT2D eigenvalue weighted by molar-refractivity contribution is 5.62. The van der Waals surface area contributed by atoms with Crippen LogP contribution in [0.3, 0.4) is 0 Å². The lowest BCUT2D eigenvalue weighted by Crippen LogP contribution is -2.23. The smallest absolute Gasteiger partial charge is 0.258 e. The van der Waals surface area contributed by atoms with E-state index in [1.165, 1.54) is 24.1 Å². The second kappa shape index (κ2) is 5.20. The first-order valence-corrected chi connectivity index (χ1v) is 8.64. The molecule has 0 atom stereocenters. The van der Waals surface area contributed by atoms with Crippen molar-refractivity contribution in [3.63, 3.8) is 0 Å². The van der Waals surface area contributed by atoms with Crippen molar-refractivity contribution in [2.75, 3.05) is 11.4 Å². The average Bonchev–Trinajstić information content (AvgIpc) is 3.37. The molecular formula is C20H19N3O. The highest BCUT2D eigenvalue weighted by Gasteiger charge is 2.30. The lowest BCUT2D eigenvalue weighted by Gasteiger charge is -2.19. The first kappa shape index (κ1) is 13.8. The summed E-state index contributed by atoms with van der Waals surface area (Å²) in [5.41, 5.74) is 5.93. The van der Waals surface area contributed by atoms with Gasteiger partial charge >= 0.3 is 0 Å². The minimum Gasteiger partial charge on any atom is -0.365 e. The van der Waals surface area contributed by atoms with Crippen LogP contribution >= 0.6 is 0 Å². The molecule has 2 aliphatic rings. The Morgan fingerprint density at radius 3 is 2.92 bits per heavy atom. The summed E-state index contributed by atoms with van der Waals surface area (Å²) in [5.74, 6) is 0.781. The second-order valence-electron chi connectivity index (χ2n) is 6.81. The Bertz CT molecular complexity index is 988. The molecule has 2 aromatic heterocycles. The van der Waals surface area contributed by atoms with E-state index in [0.717, 1.165) is 24.6 Å². The van der Waals surface area contributed by atoms with Crippen LogP contribution < -0.4 is 10.5 Å². The predicted octanol–water partition coefficient (Wildman–Crippen LogP) is 3.13. The minimum atomic E-state index is -0.0123. The molecule has 1 aliphatic heterocycles. The van der Waals surface area contributed by atoms with Gasteiger partial charge in [-0.25, -0.2) is 4.98 Å². The second-order valence-corrected chi connectivity index (χ2v) is 6.81. The van der Waals surface area contributed by atoms with Gasteiger partial charge in [0.05, 0.1) is 12.2 Å². The summed E-state index contributed by atoms with van der Waals surface area (Å²) in [6, 6.07) is 14.0. The van der Waals surface area contributed by atoms with Crippen molar-refractivity contribution in [1.82, 2.24) is 9.38 Å². The number of hydrogen-bond donors (Lipinski definition) is 0. The highest BCUT2D eigenvalue weighted by Crippen LogP contribution is 2.45. The van der Waals surface area contributed by atoms with E-state index in [2.05, 4.69) is 28.1 Å². The van der Waals surface area contributed by atoms with E-state index in [1.807, 2.05) is 18.2 Å². The van der Waals surface area contributed by atoms with E-state index >= 15 is 0 Å². The van der Waals surface area contributed by atoms with Crippen LogP contribution in [0, 0.1) is 0 Å². The molecule has 4 heteroatoms. The van der Waals surface area contributed by atoms with Crippen LogP contribution in [-0.4, -0.2) is 15.9 Å². The molecule has 0 unspecified atom stereocenters. The summed E-state index contributed by atoms with van der Waals surface area (Å²) in [4.78, 5) is 19.3. The third-order valence-electron chi connectivity index (χ3n) is 5.15. The molecule has 1 aromatic carbocycles. The van der Waals surface area contributed by atoms with Crippen molar-refractivity contribution in [2.45, 2.75) is 31.7 Å². The Balaban J connectivity index is 1.50. The SMILES string of the molecule is O=c1cc(CN2CCc3c(C4CC4)cccc32)nc2ccccn12. The predicted molar refractivity (Wildman–Crippen MR) is 94.6 cm³/mol. The summed E-state index contributed by atoms with van der Waals surface area (Å²) in [5, 5.41) is 0. The topological polar surface area (TPSA) is 37.6 Å². The van der Waals surface area contributed by atoms with Crippen LogP contribution in [0.4, 0.5) is 5.69 Å². The normalized spacial score (nSPS) is 16.6. The zero-order valence-corrected chi connectivity index (χ0v) is 13.5. The third-order valence-corrected chi connectivity index (χ3v) is 5.15. The zero-order valence-electron chi connectivity index (χ0n) is 13.5. The Hall–Kier alpha value is -2.62. The fourth-order valence-electron chi connectivity index (χ4n) is 3.85. The van der Waals surface area contributed by atoms with Gasteiger partial charge < -0.3 is 4.90 Å². The van der Waals surface area contributed by atoms with Gasteiger partial charge in [0.2, 0.25) is 0 Å². The van der Waals surface area contributed by atoms with E-state index in [0.29, 0.717) is 12.2 Å². The molecule has 0 spiro atoms. The van der Waals surface area contributed by atoms with E-state index in [4.69, 9.17) is 0 Å². The molecule has 120 valence electrons. The molecule has 24 heavy (non-hydrogen) atoms. The fourth-order valence-corrected chi connectivity index (χ4v) is 3.85. The molecule has 0 bridgehead atoms. The lowest BCUT2D eigenvalue weighted by molar-refractivity contribution is 0.808. The first-order chi connectivity index (χ1) is 11.8. The standard InChI is InChI=1S/C20H19N3O/c24-20-12-15(21-19-6-1-2-10-23(19)20)13-22-11-9-17-16(14-7-8-14)4-3-5-18(17)22/h1-6,10,12,14H,7-9,11,13H2. The molecule has 1 aliphatic carbocycles. The molecular weight excluding hydrogens is 298 g/mol. The van der Waals surface area contributed by atoms with E-state index < -0.39 is 0 Å². The van der Waals surface area contributed by atoms with Gasteiger partial charge in [0, 0.05) is 24.5 Å². The largest absolute Gasteiger partial charge is 0.365 e.